The molecular formula is C12H8N4O4. The summed E-state index contributed by atoms with van der Waals surface area (Å²) < 4.78 is 0. The molecule has 0 unspecified atom stereocenters. The molecule has 2 heterocycles. The predicted molar refractivity (Wildman–Crippen MR) is 71.2 cm³/mol. The number of hydrogen-bond acceptors (Lipinski definition) is 4. The molecule has 0 saturated carbocycles. The Morgan fingerprint density at radius 3 is 1.35 bits per heavy atom. The Balaban J connectivity index is 0.000000200. The zero-order valence-electron chi connectivity index (χ0n) is 9.94. The van der Waals surface area contributed by atoms with Crippen LogP contribution in [0.4, 0.5) is 0 Å². The topological polar surface area (TPSA) is 131 Å². The van der Waals surface area contributed by atoms with E-state index in [2.05, 4.69) is 21.8 Å². The summed E-state index contributed by atoms with van der Waals surface area (Å²) >= 11 is 0. The molecule has 8 nitrogen and oxygen atoms in total. The molecule has 4 N–H and O–H groups in total. The van der Waals surface area contributed by atoms with Crippen LogP contribution in [0.1, 0.15) is 11.1 Å². The van der Waals surface area contributed by atoms with Gasteiger partial charge < -0.3 is 9.97 Å². The third kappa shape index (κ3) is 3.75. The minimum Gasteiger partial charge on any atom is -0.313 e. The van der Waals surface area contributed by atoms with Crippen molar-refractivity contribution in [2.75, 3.05) is 0 Å². The average molecular weight is 272 g/mol. The Kier molecular flexibility index (Phi) is 4.67. The first-order valence-electron chi connectivity index (χ1n) is 5.05. The van der Waals surface area contributed by atoms with Crippen molar-refractivity contribution in [2.45, 2.75) is 0 Å². The van der Waals surface area contributed by atoms with E-state index in [9.17, 15) is 19.2 Å². The zero-order valence-corrected chi connectivity index (χ0v) is 9.94. The molecule has 0 spiro atoms. The standard InChI is InChI=1S/2C6H4N2O2/c2*1-2-4-3-7-6(10)8-5(4)9/h2*1,3H,(H2,7,8,9,10). The van der Waals surface area contributed by atoms with E-state index in [-0.39, 0.29) is 11.1 Å². The van der Waals surface area contributed by atoms with Gasteiger partial charge in [-0.15, -0.1) is 12.8 Å². The van der Waals surface area contributed by atoms with Gasteiger partial charge in [0.1, 0.15) is 11.1 Å². The van der Waals surface area contributed by atoms with Gasteiger partial charge in [-0.05, 0) is 0 Å². The molecule has 0 aromatic carbocycles. The highest BCUT2D eigenvalue weighted by atomic mass is 16.2. The minimum atomic E-state index is -0.552. The van der Waals surface area contributed by atoms with Gasteiger partial charge in [-0.3, -0.25) is 19.6 Å². The van der Waals surface area contributed by atoms with Gasteiger partial charge >= 0.3 is 11.4 Å². The van der Waals surface area contributed by atoms with Gasteiger partial charge in [-0.1, -0.05) is 11.8 Å². The summed E-state index contributed by atoms with van der Waals surface area (Å²) in [5.74, 6) is 4.22. The first-order valence-corrected chi connectivity index (χ1v) is 5.05. The highest BCUT2D eigenvalue weighted by Crippen LogP contribution is 1.75. The van der Waals surface area contributed by atoms with E-state index in [0.29, 0.717) is 0 Å². The number of aromatic amines is 4. The Bertz CT molecular complexity index is 837. The van der Waals surface area contributed by atoms with E-state index in [1.165, 1.54) is 12.4 Å². The number of rotatable bonds is 0. The average Bonchev–Trinajstić information content (AvgIpc) is 2.40. The number of aromatic nitrogens is 4. The summed E-state index contributed by atoms with van der Waals surface area (Å²) in [4.78, 5) is 50.5. The van der Waals surface area contributed by atoms with Gasteiger partial charge in [0.2, 0.25) is 0 Å². The highest BCUT2D eigenvalue weighted by Gasteiger charge is 1.93. The molecule has 0 aliphatic carbocycles. The molecule has 0 bridgehead atoms. The molecule has 0 fully saturated rings. The number of hydrogen-bond donors (Lipinski definition) is 4. The first-order chi connectivity index (χ1) is 9.47. The summed E-state index contributed by atoms with van der Waals surface area (Å²) in [6.07, 6.45) is 12.2. The lowest BCUT2D eigenvalue weighted by atomic mass is 10.4. The van der Waals surface area contributed by atoms with Crippen molar-refractivity contribution in [3.05, 3.63) is 65.2 Å². The van der Waals surface area contributed by atoms with E-state index >= 15 is 0 Å². The minimum absolute atomic E-state index is 0.125. The summed E-state index contributed by atoms with van der Waals surface area (Å²) in [6.45, 7) is 0. The van der Waals surface area contributed by atoms with Crippen LogP contribution in [0.3, 0.4) is 0 Å². The monoisotopic (exact) mass is 272 g/mol. The molecule has 0 aliphatic heterocycles. The largest absolute Gasteiger partial charge is 0.325 e. The molecule has 20 heavy (non-hydrogen) atoms. The molecule has 0 aliphatic rings. The number of nitrogens with one attached hydrogen (secondary N) is 4. The quantitative estimate of drug-likeness (QED) is 0.416. The Hall–Kier alpha value is -3.52. The Morgan fingerprint density at radius 2 is 1.10 bits per heavy atom. The third-order valence-electron chi connectivity index (χ3n) is 1.95. The third-order valence-corrected chi connectivity index (χ3v) is 1.95. The molecule has 2 aromatic rings. The van der Waals surface area contributed by atoms with Crippen molar-refractivity contribution in [3.63, 3.8) is 0 Å². The molecule has 0 amide bonds. The van der Waals surface area contributed by atoms with Crippen molar-refractivity contribution in [2.24, 2.45) is 0 Å². The van der Waals surface area contributed by atoms with E-state index in [0.717, 1.165) is 0 Å². The fourth-order valence-corrected chi connectivity index (χ4v) is 1.03. The number of terminal acetylenes is 2. The summed E-state index contributed by atoms with van der Waals surface area (Å²) in [5.41, 5.74) is -1.93. The molecule has 0 radical (unpaired) electrons. The molecule has 8 heteroatoms. The van der Waals surface area contributed by atoms with Crippen molar-refractivity contribution in [3.8, 4) is 24.7 Å². The van der Waals surface area contributed by atoms with E-state index < -0.39 is 22.5 Å². The van der Waals surface area contributed by atoms with Gasteiger partial charge in [0.05, 0.1) is 0 Å². The first kappa shape index (κ1) is 14.5. The van der Waals surface area contributed by atoms with Crippen LogP contribution < -0.4 is 22.5 Å². The molecular weight excluding hydrogens is 264 g/mol. The van der Waals surface area contributed by atoms with Crippen LogP contribution in [0.15, 0.2) is 31.6 Å². The smallest absolute Gasteiger partial charge is 0.313 e. The molecule has 2 rings (SSSR count). The Labute approximate surface area is 110 Å². The molecule has 0 saturated heterocycles. The maximum atomic E-state index is 10.7. The second-order valence-electron chi connectivity index (χ2n) is 3.26. The van der Waals surface area contributed by atoms with Crippen molar-refractivity contribution in [1.82, 2.24) is 19.9 Å². The molecule has 0 atom stereocenters. The van der Waals surface area contributed by atoms with E-state index in [4.69, 9.17) is 12.8 Å². The normalized spacial score (nSPS) is 8.70. The van der Waals surface area contributed by atoms with Crippen LogP contribution >= 0.6 is 0 Å². The second kappa shape index (κ2) is 6.42. The van der Waals surface area contributed by atoms with Crippen LogP contribution in [0, 0.1) is 24.7 Å². The summed E-state index contributed by atoms with van der Waals surface area (Å²) in [5, 5.41) is 0. The lowest BCUT2D eigenvalue weighted by molar-refractivity contribution is 1.03. The van der Waals surface area contributed by atoms with Gasteiger partial charge in [0.25, 0.3) is 11.1 Å². The van der Waals surface area contributed by atoms with Crippen LogP contribution in [-0.2, 0) is 0 Å². The van der Waals surface area contributed by atoms with Gasteiger partial charge in [0.15, 0.2) is 0 Å². The summed E-state index contributed by atoms with van der Waals surface area (Å²) in [6, 6.07) is 0. The lowest BCUT2D eigenvalue weighted by Crippen LogP contribution is -2.23. The van der Waals surface area contributed by atoms with Gasteiger partial charge in [0, 0.05) is 12.4 Å². The maximum Gasteiger partial charge on any atom is 0.325 e. The van der Waals surface area contributed by atoms with E-state index in [1.807, 2.05) is 9.97 Å². The van der Waals surface area contributed by atoms with Gasteiger partial charge in [-0.25, -0.2) is 9.59 Å². The fraction of sp³-hybridized carbons (Fsp3) is 0. The zero-order chi connectivity index (χ0) is 15.1. The van der Waals surface area contributed by atoms with Crippen molar-refractivity contribution >= 4 is 0 Å². The maximum absolute atomic E-state index is 10.7. The summed E-state index contributed by atoms with van der Waals surface area (Å²) in [7, 11) is 0. The lowest BCUT2D eigenvalue weighted by Gasteiger charge is -1.84. The van der Waals surface area contributed by atoms with Crippen molar-refractivity contribution in [1.29, 1.82) is 0 Å². The van der Waals surface area contributed by atoms with Crippen LogP contribution in [0.2, 0.25) is 0 Å². The van der Waals surface area contributed by atoms with Crippen molar-refractivity contribution < 1.29 is 0 Å². The Morgan fingerprint density at radius 1 is 0.750 bits per heavy atom. The van der Waals surface area contributed by atoms with E-state index in [1.54, 1.807) is 0 Å². The molecule has 2 aromatic heterocycles. The van der Waals surface area contributed by atoms with Gasteiger partial charge in [-0.2, -0.15) is 0 Å². The second-order valence-corrected chi connectivity index (χ2v) is 3.26. The van der Waals surface area contributed by atoms with Crippen LogP contribution in [0.25, 0.3) is 0 Å². The SMILES string of the molecule is C#Cc1c[nH]c(=O)[nH]c1=O.C#Cc1c[nH]c(=O)[nH]c1=O. The van der Waals surface area contributed by atoms with Crippen LogP contribution in [0.5, 0.6) is 0 Å². The molecule has 100 valence electrons. The van der Waals surface area contributed by atoms with Crippen LogP contribution in [-0.4, -0.2) is 19.9 Å². The predicted octanol–water partition coefficient (Wildman–Crippen LogP) is -1.91. The fourth-order valence-electron chi connectivity index (χ4n) is 1.03. The number of H-pyrrole nitrogens is 4. The highest BCUT2D eigenvalue weighted by molar-refractivity contribution is 5.25.